The van der Waals surface area contributed by atoms with E-state index in [2.05, 4.69) is 20.9 Å². The van der Waals surface area contributed by atoms with Gasteiger partial charge in [-0.25, -0.2) is 0 Å². The number of carbonyl (C=O) groups excluding carboxylic acids is 2. The highest BCUT2D eigenvalue weighted by Gasteiger charge is 2.21. The predicted molar refractivity (Wildman–Crippen MR) is 65.7 cm³/mol. The first kappa shape index (κ1) is 12.5. The van der Waals surface area contributed by atoms with Crippen LogP contribution >= 0.6 is 0 Å². The zero-order chi connectivity index (χ0) is 12.8. The summed E-state index contributed by atoms with van der Waals surface area (Å²) in [6, 6.07) is 4.97. The van der Waals surface area contributed by atoms with E-state index >= 15 is 0 Å². The Morgan fingerprint density at radius 1 is 1.39 bits per heavy atom. The second kappa shape index (κ2) is 6.11. The van der Waals surface area contributed by atoms with Crippen LogP contribution in [0.3, 0.4) is 0 Å². The molecule has 0 aromatic carbocycles. The summed E-state index contributed by atoms with van der Waals surface area (Å²) in [6.07, 6.45) is 3.41. The van der Waals surface area contributed by atoms with Crippen molar-refractivity contribution in [2.45, 2.75) is 18.9 Å². The van der Waals surface area contributed by atoms with E-state index < -0.39 is 0 Å². The summed E-state index contributed by atoms with van der Waals surface area (Å²) in [4.78, 5) is 27.1. The first-order valence-corrected chi connectivity index (χ1v) is 5.97. The smallest absolute Gasteiger partial charge is 0.271 e. The summed E-state index contributed by atoms with van der Waals surface area (Å²) in [5, 5.41) is 8.35. The highest BCUT2D eigenvalue weighted by Crippen LogP contribution is 2.03. The Hall–Kier alpha value is -1.95. The lowest BCUT2D eigenvalue weighted by Crippen LogP contribution is -2.45. The van der Waals surface area contributed by atoms with Gasteiger partial charge in [-0.15, -0.1) is 0 Å². The molecule has 2 rings (SSSR count). The van der Waals surface area contributed by atoms with Gasteiger partial charge in [0, 0.05) is 6.20 Å². The van der Waals surface area contributed by atoms with Gasteiger partial charge in [0.25, 0.3) is 5.91 Å². The lowest BCUT2D eigenvalue weighted by atomic mass is 10.2. The van der Waals surface area contributed by atoms with Crippen molar-refractivity contribution in [2.24, 2.45) is 0 Å². The summed E-state index contributed by atoms with van der Waals surface area (Å²) < 4.78 is 0. The Bertz CT molecular complexity index is 415. The Morgan fingerprint density at radius 3 is 2.94 bits per heavy atom. The third kappa shape index (κ3) is 3.27. The molecule has 0 bridgehead atoms. The summed E-state index contributed by atoms with van der Waals surface area (Å²) in [5.74, 6) is -0.371. The molecule has 1 aromatic rings. The normalized spacial score (nSPS) is 18.3. The lowest BCUT2D eigenvalue weighted by Gasteiger charge is -2.11. The van der Waals surface area contributed by atoms with E-state index in [1.807, 2.05) is 0 Å². The summed E-state index contributed by atoms with van der Waals surface area (Å²) in [6.45, 7) is 0.991. The average Bonchev–Trinajstić information content (AvgIpc) is 2.93. The third-order valence-corrected chi connectivity index (χ3v) is 2.79. The van der Waals surface area contributed by atoms with Gasteiger partial charge in [-0.3, -0.25) is 14.6 Å². The van der Waals surface area contributed by atoms with E-state index in [-0.39, 0.29) is 24.5 Å². The molecule has 0 saturated carbocycles. The molecule has 2 amide bonds. The molecular formula is C12H16N4O2. The first-order chi connectivity index (χ1) is 8.77. The number of hydrogen-bond acceptors (Lipinski definition) is 4. The summed E-state index contributed by atoms with van der Waals surface area (Å²) >= 11 is 0. The van der Waals surface area contributed by atoms with Crippen LogP contribution in [0.2, 0.25) is 0 Å². The van der Waals surface area contributed by atoms with E-state index in [0.717, 1.165) is 19.4 Å². The minimum Gasteiger partial charge on any atom is -0.337 e. The van der Waals surface area contributed by atoms with Crippen molar-refractivity contribution >= 4 is 11.8 Å². The molecule has 0 spiro atoms. The fourth-order valence-corrected chi connectivity index (χ4v) is 1.83. The van der Waals surface area contributed by atoms with Gasteiger partial charge in [0.1, 0.15) is 5.69 Å². The van der Waals surface area contributed by atoms with Crippen molar-refractivity contribution in [1.29, 1.82) is 0 Å². The molecular weight excluding hydrogens is 232 g/mol. The molecule has 0 aliphatic carbocycles. The van der Waals surface area contributed by atoms with Gasteiger partial charge in [0.05, 0.1) is 12.7 Å². The second-order valence-corrected chi connectivity index (χ2v) is 4.09. The molecule has 96 valence electrons. The zero-order valence-corrected chi connectivity index (χ0v) is 9.98. The Morgan fingerprint density at radius 2 is 2.28 bits per heavy atom. The quantitative estimate of drug-likeness (QED) is 0.635. The van der Waals surface area contributed by atoms with E-state index in [1.54, 1.807) is 24.4 Å². The van der Waals surface area contributed by atoms with Crippen molar-refractivity contribution in [2.75, 3.05) is 13.2 Å². The Kier molecular flexibility index (Phi) is 4.25. The monoisotopic (exact) mass is 248 g/mol. The van der Waals surface area contributed by atoms with E-state index in [4.69, 9.17) is 0 Å². The van der Waals surface area contributed by atoms with Gasteiger partial charge < -0.3 is 16.0 Å². The fourth-order valence-electron chi connectivity index (χ4n) is 1.83. The average molecular weight is 248 g/mol. The van der Waals surface area contributed by atoms with Gasteiger partial charge in [-0.1, -0.05) is 6.07 Å². The van der Waals surface area contributed by atoms with Crippen molar-refractivity contribution in [3.63, 3.8) is 0 Å². The van der Waals surface area contributed by atoms with Gasteiger partial charge in [0.2, 0.25) is 5.91 Å². The number of amides is 2. The van der Waals surface area contributed by atoms with Crippen LogP contribution in [-0.2, 0) is 4.79 Å². The summed E-state index contributed by atoms with van der Waals surface area (Å²) in [7, 11) is 0. The molecule has 6 heteroatoms. The molecule has 3 N–H and O–H groups in total. The van der Waals surface area contributed by atoms with Gasteiger partial charge in [-0.05, 0) is 31.5 Å². The van der Waals surface area contributed by atoms with Crippen molar-refractivity contribution in [3.05, 3.63) is 30.1 Å². The molecule has 1 saturated heterocycles. The van der Waals surface area contributed by atoms with Gasteiger partial charge in [0.15, 0.2) is 0 Å². The molecule has 0 unspecified atom stereocenters. The van der Waals surface area contributed by atoms with Gasteiger partial charge >= 0.3 is 0 Å². The molecule has 1 aliphatic rings. The number of aromatic nitrogens is 1. The number of rotatable bonds is 4. The molecule has 1 aromatic heterocycles. The van der Waals surface area contributed by atoms with Crippen molar-refractivity contribution < 1.29 is 9.59 Å². The molecule has 1 atom stereocenters. The standard InChI is InChI=1S/C12H16N4O2/c17-11(9-4-1-2-6-13-9)15-8-16-12(18)10-5-3-7-14-10/h1-2,4,6,10,14H,3,5,7-8H2,(H,15,17)(H,16,18)/t10-/m0/s1. The predicted octanol–water partition coefficient (Wildman–Crippen LogP) is -0.363. The molecule has 0 radical (unpaired) electrons. The molecule has 6 nitrogen and oxygen atoms in total. The molecule has 18 heavy (non-hydrogen) atoms. The molecule has 1 fully saturated rings. The third-order valence-electron chi connectivity index (χ3n) is 2.79. The van der Waals surface area contributed by atoms with Crippen LogP contribution in [0.5, 0.6) is 0 Å². The maximum Gasteiger partial charge on any atom is 0.271 e. The zero-order valence-electron chi connectivity index (χ0n) is 9.98. The number of nitrogens with zero attached hydrogens (tertiary/aromatic N) is 1. The van der Waals surface area contributed by atoms with Crippen LogP contribution in [0.25, 0.3) is 0 Å². The minimum absolute atomic E-state index is 0.0752. The van der Waals surface area contributed by atoms with Crippen molar-refractivity contribution in [1.82, 2.24) is 20.9 Å². The van der Waals surface area contributed by atoms with E-state index in [9.17, 15) is 9.59 Å². The molecule has 1 aliphatic heterocycles. The van der Waals surface area contributed by atoms with Crippen molar-refractivity contribution in [3.8, 4) is 0 Å². The largest absolute Gasteiger partial charge is 0.337 e. The van der Waals surface area contributed by atoms with Crippen LogP contribution in [0.1, 0.15) is 23.3 Å². The SMILES string of the molecule is O=C(NCNC(=O)[C@@H]1CCCN1)c1ccccn1. The Labute approximate surface area is 105 Å². The number of carbonyl (C=O) groups is 2. The maximum atomic E-state index is 11.6. The molecule has 2 heterocycles. The minimum atomic E-state index is -0.296. The maximum absolute atomic E-state index is 11.6. The van der Waals surface area contributed by atoms with E-state index in [1.165, 1.54) is 0 Å². The number of hydrogen-bond donors (Lipinski definition) is 3. The van der Waals surface area contributed by atoms with Gasteiger partial charge in [-0.2, -0.15) is 0 Å². The van der Waals surface area contributed by atoms with Crippen LogP contribution in [-0.4, -0.2) is 36.1 Å². The van der Waals surface area contributed by atoms with Crippen LogP contribution in [0, 0.1) is 0 Å². The number of pyridine rings is 1. The fraction of sp³-hybridized carbons (Fsp3) is 0.417. The van der Waals surface area contributed by atoms with Crippen LogP contribution < -0.4 is 16.0 Å². The van der Waals surface area contributed by atoms with Crippen LogP contribution in [0.15, 0.2) is 24.4 Å². The highest BCUT2D eigenvalue weighted by molar-refractivity contribution is 5.92. The lowest BCUT2D eigenvalue weighted by molar-refractivity contribution is -0.122. The number of nitrogens with one attached hydrogen (secondary N) is 3. The topological polar surface area (TPSA) is 83.1 Å². The van der Waals surface area contributed by atoms with E-state index in [0.29, 0.717) is 5.69 Å². The first-order valence-electron chi connectivity index (χ1n) is 5.97. The highest BCUT2D eigenvalue weighted by atomic mass is 16.2. The summed E-state index contributed by atoms with van der Waals surface area (Å²) in [5.41, 5.74) is 0.339. The van der Waals surface area contributed by atoms with Crippen LogP contribution in [0.4, 0.5) is 0 Å². The Balaban J connectivity index is 1.72. The second-order valence-electron chi connectivity index (χ2n) is 4.09.